The number of furan rings is 1. The van der Waals surface area contributed by atoms with E-state index in [1.807, 2.05) is 75.4 Å². The van der Waals surface area contributed by atoms with E-state index in [-0.39, 0.29) is 5.60 Å². The van der Waals surface area contributed by atoms with Gasteiger partial charge < -0.3 is 9.15 Å². The summed E-state index contributed by atoms with van der Waals surface area (Å²) >= 11 is 0. The zero-order valence-electron chi connectivity index (χ0n) is 13.2. The van der Waals surface area contributed by atoms with E-state index in [1.165, 1.54) is 0 Å². The highest BCUT2D eigenvalue weighted by Crippen LogP contribution is 2.39. The van der Waals surface area contributed by atoms with Crippen LogP contribution in [0.25, 0.3) is 22.5 Å². The fourth-order valence-electron chi connectivity index (χ4n) is 2.29. The van der Waals surface area contributed by atoms with Gasteiger partial charge in [-0.3, -0.25) is 0 Å². The van der Waals surface area contributed by atoms with Crippen LogP contribution in [-0.4, -0.2) is 5.60 Å². The van der Waals surface area contributed by atoms with Gasteiger partial charge in [-0.25, -0.2) is 0 Å². The Morgan fingerprint density at radius 3 is 1.86 bits per heavy atom. The van der Waals surface area contributed by atoms with Crippen molar-refractivity contribution in [3.63, 3.8) is 0 Å². The topological polar surface area (TPSA) is 22.4 Å². The third kappa shape index (κ3) is 3.22. The van der Waals surface area contributed by atoms with Gasteiger partial charge in [0.2, 0.25) is 0 Å². The van der Waals surface area contributed by atoms with Crippen LogP contribution in [0.15, 0.2) is 71.1 Å². The highest BCUT2D eigenvalue weighted by atomic mass is 16.6. The molecule has 0 aliphatic carbocycles. The van der Waals surface area contributed by atoms with E-state index in [4.69, 9.17) is 9.15 Å². The van der Waals surface area contributed by atoms with Crippen molar-refractivity contribution in [2.75, 3.05) is 0 Å². The average Bonchev–Trinajstić information content (AvgIpc) is 2.91. The van der Waals surface area contributed by atoms with Crippen molar-refractivity contribution in [1.29, 1.82) is 0 Å². The Hall–Kier alpha value is -2.48. The van der Waals surface area contributed by atoms with Gasteiger partial charge in [-0.05, 0) is 32.4 Å². The Kier molecular flexibility index (Phi) is 3.76. The Labute approximate surface area is 131 Å². The van der Waals surface area contributed by atoms with Gasteiger partial charge in [-0.2, -0.15) is 0 Å². The molecule has 0 aliphatic rings. The Balaban J connectivity index is 2.09. The number of benzene rings is 2. The van der Waals surface area contributed by atoms with E-state index in [0.29, 0.717) is 5.95 Å². The lowest BCUT2D eigenvalue weighted by molar-refractivity contribution is 0.0972. The lowest BCUT2D eigenvalue weighted by Crippen LogP contribution is -2.22. The molecular weight excluding hydrogens is 272 g/mol. The van der Waals surface area contributed by atoms with Gasteiger partial charge in [-0.15, -0.1) is 0 Å². The summed E-state index contributed by atoms with van der Waals surface area (Å²) in [5, 5.41) is 0. The fourth-order valence-corrected chi connectivity index (χ4v) is 2.29. The van der Waals surface area contributed by atoms with Crippen LogP contribution in [0.2, 0.25) is 0 Å². The molecule has 0 aliphatic heterocycles. The minimum absolute atomic E-state index is 0.310. The Bertz CT molecular complexity index is 734. The summed E-state index contributed by atoms with van der Waals surface area (Å²) in [6.07, 6.45) is 0. The summed E-state index contributed by atoms with van der Waals surface area (Å²) in [5.74, 6) is 1.39. The molecule has 22 heavy (non-hydrogen) atoms. The number of ether oxygens (including phenoxy) is 1. The van der Waals surface area contributed by atoms with E-state index < -0.39 is 0 Å². The van der Waals surface area contributed by atoms with Crippen molar-refractivity contribution in [2.45, 2.75) is 26.4 Å². The molecule has 0 saturated carbocycles. The largest absolute Gasteiger partial charge is 0.459 e. The van der Waals surface area contributed by atoms with Gasteiger partial charge in [0, 0.05) is 5.56 Å². The molecule has 0 amide bonds. The van der Waals surface area contributed by atoms with Gasteiger partial charge in [0.05, 0.1) is 5.56 Å². The molecule has 2 heteroatoms. The smallest absolute Gasteiger partial charge is 0.293 e. The second kappa shape index (κ2) is 5.72. The Morgan fingerprint density at radius 1 is 0.773 bits per heavy atom. The molecule has 0 atom stereocenters. The normalized spacial score (nSPS) is 11.4. The quantitative estimate of drug-likeness (QED) is 0.609. The van der Waals surface area contributed by atoms with E-state index in [2.05, 4.69) is 12.1 Å². The molecule has 0 unspecified atom stereocenters. The van der Waals surface area contributed by atoms with Gasteiger partial charge in [0.15, 0.2) is 0 Å². The molecule has 0 bridgehead atoms. The van der Waals surface area contributed by atoms with Crippen LogP contribution in [-0.2, 0) is 0 Å². The van der Waals surface area contributed by atoms with Crippen molar-refractivity contribution in [2.24, 2.45) is 0 Å². The summed E-state index contributed by atoms with van der Waals surface area (Å²) in [6.45, 7) is 6.06. The summed E-state index contributed by atoms with van der Waals surface area (Å²) in [4.78, 5) is 0. The van der Waals surface area contributed by atoms with Crippen LogP contribution < -0.4 is 4.74 Å². The molecule has 0 radical (unpaired) electrons. The first-order valence-electron chi connectivity index (χ1n) is 7.47. The zero-order chi connectivity index (χ0) is 15.6. The van der Waals surface area contributed by atoms with E-state index in [9.17, 15) is 0 Å². The van der Waals surface area contributed by atoms with Crippen LogP contribution in [0, 0.1) is 0 Å². The molecule has 0 saturated heterocycles. The number of hydrogen-bond acceptors (Lipinski definition) is 2. The standard InChI is InChI=1S/C20H20O2/c1-20(2,3)22-19-17(15-10-6-4-7-11-15)14-18(21-19)16-12-8-5-9-13-16/h4-14H,1-3H3. The zero-order valence-corrected chi connectivity index (χ0v) is 13.2. The first-order valence-corrected chi connectivity index (χ1v) is 7.47. The van der Waals surface area contributed by atoms with Crippen LogP contribution in [0.4, 0.5) is 0 Å². The highest BCUT2D eigenvalue weighted by molar-refractivity contribution is 5.74. The monoisotopic (exact) mass is 292 g/mol. The van der Waals surface area contributed by atoms with Crippen molar-refractivity contribution in [3.05, 3.63) is 66.7 Å². The number of hydrogen-bond donors (Lipinski definition) is 0. The van der Waals surface area contributed by atoms with Gasteiger partial charge in [0.1, 0.15) is 11.4 Å². The summed E-state index contributed by atoms with van der Waals surface area (Å²) in [6, 6.07) is 22.3. The van der Waals surface area contributed by atoms with Crippen LogP contribution >= 0.6 is 0 Å². The molecular formula is C20H20O2. The highest BCUT2D eigenvalue weighted by Gasteiger charge is 2.21. The first kappa shape index (κ1) is 14.5. The number of rotatable bonds is 3. The molecule has 2 nitrogen and oxygen atoms in total. The van der Waals surface area contributed by atoms with Crippen LogP contribution in [0.3, 0.4) is 0 Å². The fraction of sp³-hybridized carbons (Fsp3) is 0.200. The molecule has 1 heterocycles. The molecule has 2 aromatic carbocycles. The summed E-state index contributed by atoms with van der Waals surface area (Å²) < 4.78 is 12.0. The lowest BCUT2D eigenvalue weighted by Gasteiger charge is -2.19. The van der Waals surface area contributed by atoms with Crippen molar-refractivity contribution >= 4 is 0 Å². The summed E-state index contributed by atoms with van der Waals surface area (Å²) in [5.41, 5.74) is 2.81. The predicted molar refractivity (Wildman–Crippen MR) is 90.0 cm³/mol. The van der Waals surface area contributed by atoms with Crippen molar-refractivity contribution < 1.29 is 9.15 Å². The van der Waals surface area contributed by atoms with E-state index in [0.717, 1.165) is 22.5 Å². The SMILES string of the molecule is CC(C)(C)Oc1oc(-c2ccccc2)cc1-c1ccccc1. The maximum atomic E-state index is 6.02. The van der Waals surface area contributed by atoms with Crippen molar-refractivity contribution in [1.82, 2.24) is 0 Å². The molecule has 3 rings (SSSR count). The minimum Gasteiger partial charge on any atom is -0.459 e. The van der Waals surface area contributed by atoms with Gasteiger partial charge in [0.25, 0.3) is 5.95 Å². The second-order valence-corrected chi connectivity index (χ2v) is 6.26. The van der Waals surface area contributed by atoms with Crippen LogP contribution in [0.5, 0.6) is 5.95 Å². The molecule has 112 valence electrons. The molecule has 1 aromatic heterocycles. The van der Waals surface area contributed by atoms with E-state index in [1.54, 1.807) is 0 Å². The minimum atomic E-state index is -0.310. The third-order valence-corrected chi connectivity index (χ3v) is 3.24. The second-order valence-electron chi connectivity index (χ2n) is 6.26. The lowest BCUT2D eigenvalue weighted by atomic mass is 10.1. The maximum absolute atomic E-state index is 6.02. The van der Waals surface area contributed by atoms with Gasteiger partial charge in [-0.1, -0.05) is 60.7 Å². The van der Waals surface area contributed by atoms with Gasteiger partial charge >= 0.3 is 0 Å². The predicted octanol–water partition coefficient (Wildman–Crippen LogP) is 5.79. The molecule has 3 aromatic rings. The van der Waals surface area contributed by atoms with Crippen LogP contribution in [0.1, 0.15) is 20.8 Å². The molecule has 0 N–H and O–H groups in total. The summed E-state index contributed by atoms with van der Waals surface area (Å²) in [7, 11) is 0. The Morgan fingerprint density at radius 2 is 1.32 bits per heavy atom. The maximum Gasteiger partial charge on any atom is 0.293 e. The average molecular weight is 292 g/mol. The molecule has 0 spiro atoms. The van der Waals surface area contributed by atoms with E-state index >= 15 is 0 Å². The third-order valence-electron chi connectivity index (χ3n) is 3.24. The molecule has 0 fully saturated rings. The van der Waals surface area contributed by atoms with Crippen molar-refractivity contribution in [3.8, 4) is 28.4 Å². The first-order chi connectivity index (χ1) is 10.5.